The van der Waals surface area contributed by atoms with Crippen LogP contribution in [0.4, 0.5) is 10.5 Å². The number of amides is 2. The fourth-order valence-corrected chi connectivity index (χ4v) is 2.59. The van der Waals surface area contributed by atoms with Crippen molar-refractivity contribution >= 4 is 40.9 Å². The van der Waals surface area contributed by atoms with Gasteiger partial charge in [-0.25, -0.2) is 9.59 Å². The molecule has 1 aliphatic heterocycles. The quantitative estimate of drug-likeness (QED) is 0.873. The van der Waals surface area contributed by atoms with E-state index in [9.17, 15) is 9.59 Å². The number of anilines is 1. The Morgan fingerprint density at radius 2 is 1.67 bits per heavy atom. The fourth-order valence-electron chi connectivity index (χ4n) is 2.01. The minimum atomic E-state index is -1.13. The number of carbonyl (C=O) groups excluding carboxylic acids is 1. The maximum Gasteiger partial charge on any atom is 0.335 e. The van der Waals surface area contributed by atoms with Crippen molar-refractivity contribution < 1.29 is 14.7 Å². The second kappa shape index (κ2) is 6.51. The van der Waals surface area contributed by atoms with E-state index in [0.29, 0.717) is 13.1 Å². The van der Waals surface area contributed by atoms with E-state index in [1.165, 1.54) is 12.1 Å². The lowest BCUT2D eigenvalue weighted by Crippen LogP contribution is -2.48. The van der Waals surface area contributed by atoms with E-state index in [2.05, 4.69) is 10.2 Å². The van der Waals surface area contributed by atoms with Crippen LogP contribution in [-0.2, 0) is 0 Å². The molecule has 21 heavy (non-hydrogen) atoms. The molecule has 0 aliphatic carbocycles. The molecule has 1 aliphatic rings. The average molecular weight is 332 g/mol. The molecule has 114 valence electrons. The predicted molar refractivity (Wildman–Crippen MR) is 81.5 cm³/mol. The molecule has 0 atom stereocenters. The first kappa shape index (κ1) is 15.9. The van der Waals surface area contributed by atoms with Gasteiger partial charge in [0.1, 0.15) is 0 Å². The zero-order chi connectivity index (χ0) is 15.6. The molecular weight excluding hydrogens is 317 g/mol. The third-order valence-corrected chi connectivity index (χ3v) is 3.91. The summed E-state index contributed by atoms with van der Waals surface area (Å²) in [6.45, 7) is 2.83. The Kier molecular flexibility index (Phi) is 4.92. The lowest BCUT2D eigenvalue weighted by atomic mass is 10.2. The van der Waals surface area contributed by atoms with E-state index in [-0.39, 0.29) is 27.3 Å². The minimum absolute atomic E-state index is 0.0254. The molecule has 1 heterocycles. The number of hydrogen-bond donors (Lipinski definition) is 2. The van der Waals surface area contributed by atoms with Gasteiger partial charge in [0.15, 0.2) is 0 Å². The molecule has 1 fully saturated rings. The highest BCUT2D eigenvalue weighted by Gasteiger charge is 2.21. The van der Waals surface area contributed by atoms with Gasteiger partial charge in [-0.1, -0.05) is 23.2 Å². The number of rotatable bonds is 2. The number of benzene rings is 1. The molecule has 1 saturated heterocycles. The number of aromatic carboxylic acids is 1. The maximum absolute atomic E-state index is 12.2. The van der Waals surface area contributed by atoms with Gasteiger partial charge in [0, 0.05) is 26.2 Å². The van der Waals surface area contributed by atoms with Crippen LogP contribution < -0.4 is 5.32 Å². The second-order valence-electron chi connectivity index (χ2n) is 4.84. The lowest BCUT2D eigenvalue weighted by Gasteiger charge is -2.32. The van der Waals surface area contributed by atoms with E-state index in [1.807, 2.05) is 7.05 Å². The van der Waals surface area contributed by atoms with Gasteiger partial charge >= 0.3 is 12.0 Å². The first-order valence-electron chi connectivity index (χ1n) is 6.35. The summed E-state index contributed by atoms with van der Waals surface area (Å²) in [4.78, 5) is 26.9. The van der Waals surface area contributed by atoms with Crippen LogP contribution in [0.1, 0.15) is 10.4 Å². The van der Waals surface area contributed by atoms with Gasteiger partial charge in [-0.15, -0.1) is 0 Å². The normalized spacial score (nSPS) is 15.9. The van der Waals surface area contributed by atoms with E-state index in [1.54, 1.807) is 4.90 Å². The Morgan fingerprint density at radius 3 is 2.14 bits per heavy atom. The molecule has 0 unspecified atom stereocenters. The molecule has 1 aromatic rings. The van der Waals surface area contributed by atoms with Gasteiger partial charge in [-0.2, -0.15) is 0 Å². The number of nitrogens with one attached hydrogen (secondary N) is 1. The van der Waals surface area contributed by atoms with Gasteiger partial charge in [-0.05, 0) is 19.2 Å². The molecule has 0 bridgehead atoms. The molecule has 0 radical (unpaired) electrons. The Balaban J connectivity index is 2.12. The number of likely N-dealkylation sites (N-methyl/N-ethyl adjacent to an activating group) is 1. The molecule has 0 spiro atoms. The summed E-state index contributed by atoms with van der Waals surface area (Å²) in [6.07, 6.45) is 0. The van der Waals surface area contributed by atoms with Crippen molar-refractivity contribution in [3.8, 4) is 0 Å². The number of carboxylic acids is 1. The predicted octanol–water partition coefficient (Wildman–Crippen LogP) is 2.47. The van der Waals surface area contributed by atoms with Crippen LogP contribution in [0.25, 0.3) is 0 Å². The van der Waals surface area contributed by atoms with Crippen molar-refractivity contribution in [2.75, 3.05) is 38.5 Å². The van der Waals surface area contributed by atoms with Gasteiger partial charge in [0.2, 0.25) is 0 Å². The summed E-state index contributed by atoms with van der Waals surface area (Å²) in [5, 5.41) is 11.8. The summed E-state index contributed by atoms with van der Waals surface area (Å²) in [6, 6.07) is 2.22. The lowest BCUT2D eigenvalue weighted by molar-refractivity contribution is 0.0697. The van der Waals surface area contributed by atoms with Crippen LogP contribution in [0.2, 0.25) is 10.0 Å². The van der Waals surface area contributed by atoms with Crippen molar-refractivity contribution in [3.63, 3.8) is 0 Å². The number of urea groups is 1. The smallest absolute Gasteiger partial charge is 0.335 e. The van der Waals surface area contributed by atoms with Crippen molar-refractivity contribution in [1.82, 2.24) is 9.80 Å². The molecule has 2 N–H and O–H groups in total. The van der Waals surface area contributed by atoms with Gasteiger partial charge in [0.25, 0.3) is 0 Å². The highest BCUT2D eigenvalue weighted by molar-refractivity contribution is 6.40. The Bertz CT molecular complexity index is 549. The highest BCUT2D eigenvalue weighted by atomic mass is 35.5. The SMILES string of the molecule is CN1CCN(C(=O)Nc2c(Cl)cc(C(=O)O)cc2Cl)CC1. The number of hydrogen-bond acceptors (Lipinski definition) is 3. The van der Waals surface area contributed by atoms with Crippen LogP contribution in [0.5, 0.6) is 0 Å². The summed E-state index contributed by atoms with van der Waals surface area (Å²) in [5.41, 5.74) is 0.204. The standard InChI is InChI=1S/C13H15Cl2N3O3/c1-17-2-4-18(5-3-17)13(21)16-11-9(14)6-8(12(19)20)7-10(11)15/h6-7H,2-5H2,1H3,(H,16,21)(H,19,20). The second-order valence-corrected chi connectivity index (χ2v) is 5.65. The molecule has 2 rings (SSSR count). The Morgan fingerprint density at radius 1 is 1.14 bits per heavy atom. The molecule has 2 amide bonds. The highest BCUT2D eigenvalue weighted by Crippen LogP contribution is 2.32. The van der Waals surface area contributed by atoms with Crippen LogP contribution in [0, 0.1) is 0 Å². The average Bonchev–Trinajstić information content (AvgIpc) is 2.43. The topological polar surface area (TPSA) is 72.9 Å². The number of carboxylic acid groups (broad SMARTS) is 1. The number of nitrogens with zero attached hydrogens (tertiary/aromatic N) is 2. The fraction of sp³-hybridized carbons (Fsp3) is 0.385. The van der Waals surface area contributed by atoms with Crippen LogP contribution >= 0.6 is 23.2 Å². The van der Waals surface area contributed by atoms with Gasteiger partial charge in [0.05, 0.1) is 21.3 Å². The van der Waals surface area contributed by atoms with E-state index in [4.69, 9.17) is 28.3 Å². The number of halogens is 2. The summed E-state index contributed by atoms with van der Waals surface area (Å²) < 4.78 is 0. The van der Waals surface area contributed by atoms with Crippen LogP contribution in [0.15, 0.2) is 12.1 Å². The zero-order valence-electron chi connectivity index (χ0n) is 11.4. The van der Waals surface area contributed by atoms with Gasteiger partial charge in [-0.3, -0.25) is 0 Å². The van der Waals surface area contributed by atoms with Crippen molar-refractivity contribution in [2.24, 2.45) is 0 Å². The van der Waals surface area contributed by atoms with Crippen LogP contribution in [0.3, 0.4) is 0 Å². The molecule has 0 saturated carbocycles. The summed E-state index contributed by atoms with van der Waals surface area (Å²) >= 11 is 12.0. The van der Waals surface area contributed by atoms with E-state index in [0.717, 1.165) is 13.1 Å². The Hall–Kier alpha value is -1.50. The minimum Gasteiger partial charge on any atom is -0.478 e. The van der Waals surface area contributed by atoms with Crippen molar-refractivity contribution in [3.05, 3.63) is 27.7 Å². The summed E-state index contributed by atoms with van der Waals surface area (Å²) in [5.74, 6) is -1.13. The first-order valence-corrected chi connectivity index (χ1v) is 7.11. The van der Waals surface area contributed by atoms with Crippen molar-refractivity contribution in [2.45, 2.75) is 0 Å². The van der Waals surface area contributed by atoms with Crippen molar-refractivity contribution in [1.29, 1.82) is 0 Å². The zero-order valence-corrected chi connectivity index (χ0v) is 12.9. The molecule has 1 aromatic carbocycles. The van der Waals surface area contributed by atoms with E-state index >= 15 is 0 Å². The third kappa shape index (κ3) is 3.78. The number of piperazine rings is 1. The molecule has 0 aromatic heterocycles. The van der Waals surface area contributed by atoms with Crippen LogP contribution in [-0.4, -0.2) is 60.1 Å². The van der Waals surface area contributed by atoms with Gasteiger partial charge < -0.3 is 20.2 Å². The molecular formula is C13H15Cl2N3O3. The Labute approximate surface area is 132 Å². The largest absolute Gasteiger partial charge is 0.478 e. The number of carbonyl (C=O) groups is 2. The summed E-state index contributed by atoms with van der Waals surface area (Å²) in [7, 11) is 1.99. The maximum atomic E-state index is 12.2. The molecule has 6 nitrogen and oxygen atoms in total. The van der Waals surface area contributed by atoms with E-state index < -0.39 is 5.97 Å². The first-order chi connectivity index (χ1) is 9.88. The third-order valence-electron chi connectivity index (χ3n) is 3.31. The molecule has 8 heteroatoms. The monoisotopic (exact) mass is 331 g/mol.